The molecular weight excluding hydrogens is 232 g/mol. The van der Waals surface area contributed by atoms with Crippen molar-refractivity contribution in [2.75, 3.05) is 0 Å². The van der Waals surface area contributed by atoms with Gasteiger partial charge in [0.05, 0.1) is 0 Å². The Bertz CT molecular complexity index is 538. The van der Waals surface area contributed by atoms with Crippen LogP contribution in [0.25, 0.3) is 11.1 Å². The van der Waals surface area contributed by atoms with E-state index in [1.165, 1.54) is 28.7 Å². The highest BCUT2D eigenvalue weighted by Gasteiger charge is 2.09. The van der Waals surface area contributed by atoms with Gasteiger partial charge in [0.1, 0.15) is 5.75 Å². The lowest BCUT2D eigenvalue weighted by Gasteiger charge is -2.15. The molecule has 2 rings (SSSR count). The lowest BCUT2D eigenvalue weighted by Crippen LogP contribution is -1.95. The second kappa shape index (κ2) is 5.92. The van der Waals surface area contributed by atoms with Gasteiger partial charge in [0.25, 0.3) is 0 Å². The van der Waals surface area contributed by atoms with Gasteiger partial charge in [-0.25, -0.2) is 0 Å². The Labute approximate surface area is 115 Å². The number of aryl methyl sites for hydroxylation is 1. The minimum Gasteiger partial charge on any atom is -0.508 e. The van der Waals surface area contributed by atoms with Crippen molar-refractivity contribution < 1.29 is 5.11 Å². The summed E-state index contributed by atoms with van der Waals surface area (Å²) in [6.45, 7) is 6.67. The van der Waals surface area contributed by atoms with Gasteiger partial charge < -0.3 is 5.11 Å². The standard InChI is InChI=1S/C18H22O/c1-4-5-14-6-11-17(18(12-14)13(2)3)15-7-9-16(19)10-8-15/h6-13,19H,4-5H2,1-3H3. The van der Waals surface area contributed by atoms with Crippen LogP contribution in [0.2, 0.25) is 0 Å². The van der Waals surface area contributed by atoms with E-state index >= 15 is 0 Å². The SMILES string of the molecule is CCCc1ccc(-c2ccc(O)cc2)c(C(C)C)c1. The van der Waals surface area contributed by atoms with E-state index in [2.05, 4.69) is 39.0 Å². The summed E-state index contributed by atoms with van der Waals surface area (Å²) < 4.78 is 0. The highest BCUT2D eigenvalue weighted by Crippen LogP contribution is 2.31. The topological polar surface area (TPSA) is 20.2 Å². The van der Waals surface area contributed by atoms with Crippen LogP contribution >= 0.6 is 0 Å². The smallest absolute Gasteiger partial charge is 0.115 e. The third-order valence-corrected chi connectivity index (χ3v) is 3.45. The Morgan fingerprint density at radius 3 is 2.26 bits per heavy atom. The van der Waals surface area contributed by atoms with Gasteiger partial charge in [0, 0.05) is 0 Å². The first-order valence-electron chi connectivity index (χ1n) is 7.04. The van der Waals surface area contributed by atoms with E-state index in [1.54, 1.807) is 12.1 Å². The molecule has 0 radical (unpaired) electrons. The predicted octanol–water partition coefficient (Wildman–Crippen LogP) is 5.14. The van der Waals surface area contributed by atoms with E-state index in [0.717, 1.165) is 6.42 Å². The second-order valence-corrected chi connectivity index (χ2v) is 5.37. The molecule has 0 aliphatic heterocycles. The number of phenolic OH excluding ortho intramolecular Hbond substituents is 1. The lowest BCUT2D eigenvalue weighted by atomic mass is 9.90. The van der Waals surface area contributed by atoms with Crippen LogP contribution in [0.1, 0.15) is 44.2 Å². The lowest BCUT2D eigenvalue weighted by molar-refractivity contribution is 0.475. The number of hydrogen-bond donors (Lipinski definition) is 1. The Balaban J connectivity index is 2.47. The van der Waals surface area contributed by atoms with E-state index in [4.69, 9.17) is 0 Å². The fraction of sp³-hybridized carbons (Fsp3) is 0.333. The van der Waals surface area contributed by atoms with Crippen LogP contribution < -0.4 is 0 Å². The first-order valence-corrected chi connectivity index (χ1v) is 7.04. The van der Waals surface area contributed by atoms with E-state index in [1.807, 2.05) is 12.1 Å². The molecule has 1 nitrogen and oxygen atoms in total. The summed E-state index contributed by atoms with van der Waals surface area (Å²) in [4.78, 5) is 0. The van der Waals surface area contributed by atoms with Crippen LogP contribution in [0.4, 0.5) is 0 Å². The summed E-state index contributed by atoms with van der Waals surface area (Å²) in [5, 5.41) is 9.40. The van der Waals surface area contributed by atoms with Gasteiger partial charge in [0.15, 0.2) is 0 Å². The summed E-state index contributed by atoms with van der Waals surface area (Å²) in [6, 6.07) is 14.2. The van der Waals surface area contributed by atoms with Crippen molar-refractivity contribution in [3.8, 4) is 16.9 Å². The Hall–Kier alpha value is -1.76. The van der Waals surface area contributed by atoms with Gasteiger partial charge in [-0.3, -0.25) is 0 Å². The molecule has 1 heteroatoms. The van der Waals surface area contributed by atoms with Crippen molar-refractivity contribution in [1.82, 2.24) is 0 Å². The zero-order valence-electron chi connectivity index (χ0n) is 12.0. The van der Waals surface area contributed by atoms with Crippen LogP contribution in [0.5, 0.6) is 5.75 Å². The Morgan fingerprint density at radius 2 is 1.68 bits per heavy atom. The summed E-state index contributed by atoms with van der Waals surface area (Å²) in [6.07, 6.45) is 2.31. The summed E-state index contributed by atoms with van der Waals surface area (Å²) >= 11 is 0. The maximum absolute atomic E-state index is 9.40. The maximum atomic E-state index is 9.40. The van der Waals surface area contributed by atoms with Crippen LogP contribution in [-0.2, 0) is 6.42 Å². The third-order valence-electron chi connectivity index (χ3n) is 3.45. The van der Waals surface area contributed by atoms with Gasteiger partial charge in [-0.2, -0.15) is 0 Å². The number of rotatable bonds is 4. The number of aromatic hydroxyl groups is 1. The quantitative estimate of drug-likeness (QED) is 0.801. The van der Waals surface area contributed by atoms with Crippen molar-refractivity contribution >= 4 is 0 Å². The molecule has 2 aromatic rings. The molecule has 0 aromatic heterocycles. The molecule has 0 atom stereocenters. The molecule has 0 fully saturated rings. The molecule has 0 aliphatic rings. The van der Waals surface area contributed by atoms with E-state index < -0.39 is 0 Å². The van der Waals surface area contributed by atoms with Crippen molar-refractivity contribution in [3.63, 3.8) is 0 Å². The van der Waals surface area contributed by atoms with Crippen LogP contribution in [0.15, 0.2) is 42.5 Å². The zero-order valence-corrected chi connectivity index (χ0v) is 12.0. The first kappa shape index (κ1) is 13.7. The van der Waals surface area contributed by atoms with Crippen LogP contribution in [0.3, 0.4) is 0 Å². The molecule has 100 valence electrons. The predicted molar refractivity (Wildman–Crippen MR) is 81.6 cm³/mol. The van der Waals surface area contributed by atoms with Crippen molar-refractivity contribution in [3.05, 3.63) is 53.6 Å². The Morgan fingerprint density at radius 1 is 1.00 bits per heavy atom. The monoisotopic (exact) mass is 254 g/mol. The molecular formula is C18H22O. The molecule has 0 spiro atoms. The zero-order chi connectivity index (χ0) is 13.8. The molecule has 0 unspecified atom stereocenters. The fourth-order valence-electron chi connectivity index (χ4n) is 2.44. The number of phenols is 1. The summed E-state index contributed by atoms with van der Waals surface area (Å²) in [7, 11) is 0. The summed E-state index contributed by atoms with van der Waals surface area (Å²) in [5.74, 6) is 0.818. The van der Waals surface area contributed by atoms with Gasteiger partial charge in [-0.05, 0) is 46.7 Å². The molecule has 0 saturated heterocycles. The van der Waals surface area contributed by atoms with E-state index in [9.17, 15) is 5.11 Å². The first-order chi connectivity index (χ1) is 9.11. The Kier molecular flexibility index (Phi) is 4.26. The highest BCUT2D eigenvalue weighted by molar-refractivity contribution is 5.69. The van der Waals surface area contributed by atoms with Crippen LogP contribution in [-0.4, -0.2) is 5.11 Å². The van der Waals surface area contributed by atoms with Crippen molar-refractivity contribution in [1.29, 1.82) is 0 Å². The van der Waals surface area contributed by atoms with Gasteiger partial charge >= 0.3 is 0 Å². The highest BCUT2D eigenvalue weighted by atomic mass is 16.3. The van der Waals surface area contributed by atoms with Gasteiger partial charge in [-0.1, -0.05) is 57.5 Å². The maximum Gasteiger partial charge on any atom is 0.115 e. The molecule has 0 saturated carbocycles. The van der Waals surface area contributed by atoms with Gasteiger partial charge in [0.2, 0.25) is 0 Å². The molecule has 1 N–H and O–H groups in total. The second-order valence-electron chi connectivity index (χ2n) is 5.37. The van der Waals surface area contributed by atoms with E-state index in [0.29, 0.717) is 11.7 Å². The molecule has 0 amide bonds. The largest absolute Gasteiger partial charge is 0.508 e. The molecule has 2 aromatic carbocycles. The van der Waals surface area contributed by atoms with Crippen molar-refractivity contribution in [2.45, 2.75) is 39.5 Å². The molecule has 19 heavy (non-hydrogen) atoms. The van der Waals surface area contributed by atoms with Crippen LogP contribution in [0, 0.1) is 0 Å². The molecule has 0 heterocycles. The minimum absolute atomic E-state index is 0.317. The third kappa shape index (κ3) is 3.17. The number of hydrogen-bond acceptors (Lipinski definition) is 1. The average molecular weight is 254 g/mol. The number of benzene rings is 2. The summed E-state index contributed by atoms with van der Waals surface area (Å²) in [5.41, 5.74) is 5.24. The fourth-order valence-corrected chi connectivity index (χ4v) is 2.44. The van der Waals surface area contributed by atoms with E-state index in [-0.39, 0.29) is 0 Å². The molecule has 0 bridgehead atoms. The average Bonchev–Trinajstić information content (AvgIpc) is 2.40. The minimum atomic E-state index is 0.317. The van der Waals surface area contributed by atoms with Crippen molar-refractivity contribution in [2.24, 2.45) is 0 Å². The molecule has 0 aliphatic carbocycles. The normalized spacial score (nSPS) is 10.9. The van der Waals surface area contributed by atoms with Gasteiger partial charge in [-0.15, -0.1) is 0 Å².